The fourth-order valence-corrected chi connectivity index (χ4v) is 2.37. The molecule has 0 unspecified atom stereocenters. The van der Waals surface area contributed by atoms with E-state index in [1.807, 2.05) is 7.05 Å². The van der Waals surface area contributed by atoms with E-state index in [2.05, 4.69) is 10.6 Å². The summed E-state index contributed by atoms with van der Waals surface area (Å²) in [4.78, 5) is 23.5. The summed E-state index contributed by atoms with van der Waals surface area (Å²) in [6.45, 7) is 4.89. The fraction of sp³-hybridized carbons (Fsp3) is 0.600. The highest BCUT2D eigenvalue weighted by molar-refractivity contribution is 6.01. The lowest BCUT2D eigenvalue weighted by atomic mass is 9.97. The van der Waals surface area contributed by atoms with Gasteiger partial charge < -0.3 is 25.2 Å². The molecular formula is C20H32N2O5. The van der Waals surface area contributed by atoms with E-state index in [-0.39, 0.29) is 19.0 Å². The highest BCUT2D eigenvalue weighted by Gasteiger charge is 2.24. The maximum atomic E-state index is 11.9. The van der Waals surface area contributed by atoms with Crippen LogP contribution in [0.5, 0.6) is 5.75 Å². The van der Waals surface area contributed by atoms with Crippen molar-refractivity contribution in [3.63, 3.8) is 0 Å². The van der Waals surface area contributed by atoms with Crippen molar-refractivity contribution in [3.8, 4) is 5.75 Å². The van der Waals surface area contributed by atoms with Crippen LogP contribution in [-0.2, 0) is 4.74 Å². The first kappa shape index (κ1) is 22.9. The number of Topliss-reactive ketones (excluding diaryl/α,β-unsaturated/α-hetero) is 1. The second-order valence-corrected chi connectivity index (χ2v) is 6.84. The predicted molar refractivity (Wildman–Crippen MR) is 104 cm³/mol. The van der Waals surface area contributed by atoms with Gasteiger partial charge in [0.1, 0.15) is 24.6 Å². The summed E-state index contributed by atoms with van der Waals surface area (Å²) in [5.74, 6) is 0.212. The Morgan fingerprint density at radius 2 is 1.63 bits per heavy atom. The van der Waals surface area contributed by atoms with Crippen LogP contribution in [0.4, 0.5) is 4.79 Å². The van der Waals surface area contributed by atoms with E-state index in [1.165, 1.54) is 13.8 Å². The molecule has 0 radical (unpaired) electrons. The molecule has 3 N–H and O–H groups in total. The maximum Gasteiger partial charge on any atom is 0.407 e. The Hall–Kier alpha value is -2.12. The molecule has 0 saturated carbocycles. The molecule has 0 bridgehead atoms. The zero-order valence-electron chi connectivity index (χ0n) is 16.5. The van der Waals surface area contributed by atoms with Crippen LogP contribution in [0.2, 0.25) is 0 Å². The Labute approximate surface area is 161 Å². The summed E-state index contributed by atoms with van der Waals surface area (Å²) in [6, 6.07) is 6.49. The summed E-state index contributed by atoms with van der Waals surface area (Å²) >= 11 is 0. The van der Waals surface area contributed by atoms with Crippen molar-refractivity contribution in [1.29, 1.82) is 0 Å². The van der Waals surface area contributed by atoms with Crippen molar-refractivity contribution in [1.82, 2.24) is 10.6 Å². The number of carbonyl (C=O) groups is 2. The molecule has 0 saturated heterocycles. The van der Waals surface area contributed by atoms with Crippen LogP contribution in [0.1, 0.15) is 49.9 Å². The Morgan fingerprint density at radius 3 is 2.22 bits per heavy atom. The van der Waals surface area contributed by atoms with Crippen molar-refractivity contribution in [2.45, 2.75) is 45.1 Å². The smallest absolute Gasteiger partial charge is 0.407 e. The van der Waals surface area contributed by atoms with Crippen molar-refractivity contribution >= 4 is 11.9 Å². The second kappa shape index (κ2) is 12.3. The van der Waals surface area contributed by atoms with E-state index in [4.69, 9.17) is 9.47 Å². The highest BCUT2D eigenvalue weighted by Crippen LogP contribution is 2.17. The minimum atomic E-state index is -1.41. The molecule has 0 aromatic heterocycles. The number of aliphatic hydroxyl groups is 1. The average Bonchev–Trinajstić information content (AvgIpc) is 2.63. The molecule has 0 heterocycles. The first-order valence-electron chi connectivity index (χ1n) is 9.40. The van der Waals surface area contributed by atoms with Gasteiger partial charge in [0.15, 0.2) is 5.78 Å². The Kier molecular flexibility index (Phi) is 10.4. The zero-order valence-corrected chi connectivity index (χ0v) is 16.5. The van der Waals surface area contributed by atoms with Crippen LogP contribution < -0.4 is 15.4 Å². The third-order valence-corrected chi connectivity index (χ3v) is 3.88. The zero-order chi connectivity index (χ0) is 20.1. The van der Waals surface area contributed by atoms with Gasteiger partial charge in [0.25, 0.3) is 0 Å². The minimum Gasteiger partial charge on any atom is -0.490 e. The first-order chi connectivity index (χ1) is 12.8. The van der Waals surface area contributed by atoms with E-state index < -0.39 is 11.7 Å². The standard InChI is InChI=1S/C20H32N2O5/c1-20(2,25)18(23)16-8-10-17(11-9-16)26-14-15-27-19(24)22-13-7-5-4-6-12-21-3/h8-11,21,25H,4-7,12-15H2,1-3H3,(H,22,24). The van der Waals surface area contributed by atoms with E-state index >= 15 is 0 Å². The molecule has 1 amide bonds. The maximum absolute atomic E-state index is 11.9. The number of ether oxygens (including phenoxy) is 2. The molecule has 1 rings (SSSR count). The number of carbonyl (C=O) groups excluding carboxylic acids is 2. The van der Waals surface area contributed by atoms with Crippen LogP contribution in [-0.4, -0.2) is 55.9 Å². The summed E-state index contributed by atoms with van der Waals surface area (Å²) in [7, 11) is 1.94. The SMILES string of the molecule is CNCCCCCCNC(=O)OCCOc1ccc(C(=O)C(C)(C)O)cc1. The van der Waals surface area contributed by atoms with Gasteiger partial charge in [-0.2, -0.15) is 0 Å². The number of unbranched alkanes of at least 4 members (excludes halogenated alkanes) is 3. The molecule has 1 aromatic rings. The highest BCUT2D eigenvalue weighted by atomic mass is 16.6. The summed E-state index contributed by atoms with van der Waals surface area (Å²) in [5.41, 5.74) is -0.993. The quantitative estimate of drug-likeness (QED) is 0.359. The van der Waals surface area contributed by atoms with E-state index in [0.29, 0.717) is 17.9 Å². The molecule has 0 aliphatic carbocycles. The van der Waals surface area contributed by atoms with Crippen molar-refractivity contribution in [2.24, 2.45) is 0 Å². The number of nitrogens with one attached hydrogen (secondary N) is 2. The van der Waals surface area contributed by atoms with Crippen molar-refractivity contribution < 1.29 is 24.2 Å². The molecule has 0 fully saturated rings. The van der Waals surface area contributed by atoms with Crippen LogP contribution in [0.15, 0.2) is 24.3 Å². The first-order valence-corrected chi connectivity index (χ1v) is 9.40. The third kappa shape index (κ3) is 9.96. The molecule has 0 spiro atoms. The van der Waals surface area contributed by atoms with Crippen LogP contribution in [0, 0.1) is 0 Å². The molecule has 0 atom stereocenters. The minimum absolute atomic E-state index is 0.137. The van der Waals surface area contributed by atoms with Crippen molar-refractivity contribution in [2.75, 3.05) is 33.4 Å². The number of amides is 1. The number of rotatable bonds is 13. The molecule has 7 nitrogen and oxygen atoms in total. The Balaban J connectivity index is 2.14. The third-order valence-electron chi connectivity index (χ3n) is 3.88. The second-order valence-electron chi connectivity index (χ2n) is 6.84. The lowest BCUT2D eigenvalue weighted by Crippen LogP contribution is -2.30. The van der Waals surface area contributed by atoms with Gasteiger partial charge in [0, 0.05) is 12.1 Å². The largest absolute Gasteiger partial charge is 0.490 e. The van der Waals surface area contributed by atoms with Crippen LogP contribution in [0.25, 0.3) is 0 Å². The van der Waals surface area contributed by atoms with Gasteiger partial charge in [0.2, 0.25) is 0 Å². The summed E-state index contributed by atoms with van der Waals surface area (Å²) < 4.78 is 10.5. The molecule has 1 aromatic carbocycles. The fourth-order valence-electron chi connectivity index (χ4n) is 2.37. The van der Waals surface area contributed by atoms with Gasteiger partial charge in [0.05, 0.1) is 0 Å². The molecule has 0 aliphatic heterocycles. The summed E-state index contributed by atoms with van der Waals surface area (Å²) in [5, 5.41) is 15.5. The average molecular weight is 380 g/mol. The van der Waals surface area contributed by atoms with Gasteiger partial charge in [-0.3, -0.25) is 4.79 Å². The monoisotopic (exact) mass is 380 g/mol. The number of hydrogen-bond acceptors (Lipinski definition) is 6. The molecular weight excluding hydrogens is 348 g/mol. The topological polar surface area (TPSA) is 96.9 Å². The van der Waals surface area contributed by atoms with Crippen molar-refractivity contribution in [3.05, 3.63) is 29.8 Å². The number of alkyl carbamates (subject to hydrolysis) is 1. The van der Waals surface area contributed by atoms with Gasteiger partial charge in [-0.15, -0.1) is 0 Å². The van der Waals surface area contributed by atoms with Gasteiger partial charge >= 0.3 is 6.09 Å². The van der Waals surface area contributed by atoms with E-state index in [9.17, 15) is 14.7 Å². The molecule has 0 aliphatic rings. The Morgan fingerprint density at radius 1 is 1.00 bits per heavy atom. The van der Waals surface area contributed by atoms with Gasteiger partial charge in [-0.25, -0.2) is 4.79 Å². The van der Waals surface area contributed by atoms with E-state index in [1.54, 1.807) is 24.3 Å². The lowest BCUT2D eigenvalue weighted by molar-refractivity contribution is 0.0488. The van der Waals surface area contributed by atoms with Crippen LogP contribution in [0.3, 0.4) is 0 Å². The number of hydrogen-bond donors (Lipinski definition) is 3. The normalized spacial score (nSPS) is 11.1. The van der Waals surface area contributed by atoms with Gasteiger partial charge in [-0.1, -0.05) is 12.8 Å². The lowest BCUT2D eigenvalue weighted by Gasteiger charge is -2.15. The van der Waals surface area contributed by atoms with Crippen LogP contribution >= 0.6 is 0 Å². The summed E-state index contributed by atoms with van der Waals surface area (Å²) in [6.07, 6.45) is 3.86. The number of ketones is 1. The number of benzene rings is 1. The Bertz CT molecular complexity index is 567. The van der Waals surface area contributed by atoms with Gasteiger partial charge in [-0.05, 0) is 64.5 Å². The molecule has 7 heteroatoms. The molecule has 152 valence electrons. The molecule has 27 heavy (non-hydrogen) atoms. The predicted octanol–water partition coefficient (Wildman–Crippen LogP) is 2.53. The van der Waals surface area contributed by atoms with E-state index in [0.717, 1.165) is 32.2 Å².